The van der Waals surface area contributed by atoms with Gasteiger partial charge >= 0.3 is 5.97 Å². The van der Waals surface area contributed by atoms with E-state index in [1.54, 1.807) is 6.92 Å². The molecule has 126 valence electrons. The van der Waals surface area contributed by atoms with Gasteiger partial charge in [-0.15, -0.1) is 0 Å². The Kier molecular flexibility index (Phi) is 10.7. The molecule has 0 aromatic rings. The average Bonchev–Trinajstić information content (AvgIpc) is 2.47. The van der Waals surface area contributed by atoms with Crippen LogP contribution in [0.2, 0.25) is 0 Å². The molecule has 4 heteroatoms. The Balaban J connectivity index is 4.33. The normalized spacial score (nSPS) is 14.9. The van der Waals surface area contributed by atoms with Gasteiger partial charge in [-0.25, -0.2) is 0 Å². The van der Waals surface area contributed by atoms with E-state index < -0.39 is 5.97 Å². The van der Waals surface area contributed by atoms with Crippen molar-refractivity contribution in [2.45, 2.75) is 72.3 Å². The molecule has 2 unspecified atom stereocenters. The number of unbranched alkanes of at least 4 members (excludes halogenated alkanes) is 3. The molecule has 0 saturated heterocycles. The number of likely N-dealkylation sites (N-methyl/N-ethyl adjacent to an activating group) is 1. The lowest BCUT2D eigenvalue weighted by molar-refractivity contribution is -0.928. The summed E-state index contributed by atoms with van der Waals surface area (Å²) in [6.07, 6.45) is 6.03. The first kappa shape index (κ1) is 20.4. The SMILES string of the molecule is CCCCCCC(O)C[N+](CC)(CC)CCC(C)C(=O)O. The van der Waals surface area contributed by atoms with Crippen LogP contribution >= 0.6 is 0 Å². The number of aliphatic hydroxyl groups excluding tert-OH is 1. The number of nitrogens with zero attached hydrogens (tertiary/aromatic N) is 1. The molecule has 0 radical (unpaired) electrons. The summed E-state index contributed by atoms with van der Waals surface area (Å²) < 4.78 is 0.826. The van der Waals surface area contributed by atoms with E-state index in [-0.39, 0.29) is 12.0 Å². The molecule has 0 aromatic carbocycles. The van der Waals surface area contributed by atoms with Crippen molar-refractivity contribution < 1.29 is 19.5 Å². The van der Waals surface area contributed by atoms with E-state index in [1.165, 1.54) is 19.3 Å². The highest BCUT2D eigenvalue weighted by atomic mass is 16.4. The first-order chi connectivity index (χ1) is 9.90. The fourth-order valence-electron chi connectivity index (χ4n) is 2.83. The lowest BCUT2D eigenvalue weighted by Crippen LogP contribution is -2.53. The van der Waals surface area contributed by atoms with Gasteiger partial charge in [0.15, 0.2) is 0 Å². The monoisotopic (exact) mass is 302 g/mol. The molecule has 0 rings (SSSR count). The molecule has 0 bridgehead atoms. The molecule has 0 amide bonds. The molecule has 2 atom stereocenters. The third-order valence-corrected chi connectivity index (χ3v) is 4.79. The fraction of sp³-hybridized carbons (Fsp3) is 0.941. The van der Waals surface area contributed by atoms with E-state index in [2.05, 4.69) is 20.8 Å². The molecule has 2 N–H and O–H groups in total. The molecule has 0 saturated carbocycles. The number of hydrogen-bond acceptors (Lipinski definition) is 2. The van der Waals surface area contributed by atoms with Gasteiger partial charge in [-0.05, 0) is 20.3 Å². The molecular weight excluding hydrogens is 266 g/mol. The van der Waals surface area contributed by atoms with Crippen LogP contribution in [-0.2, 0) is 4.79 Å². The Bertz CT molecular complexity index is 277. The van der Waals surface area contributed by atoms with E-state index in [0.29, 0.717) is 6.42 Å². The summed E-state index contributed by atoms with van der Waals surface area (Å²) >= 11 is 0. The van der Waals surface area contributed by atoms with Crippen LogP contribution in [0.4, 0.5) is 0 Å². The number of rotatable bonds is 13. The highest BCUT2D eigenvalue weighted by Gasteiger charge is 2.28. The zero-order chi connectivity index (χ0) is 16.3. The Morgan fingerprint density at radius 2 is 1.67 bits per heavy atom. The Labute approximate surface area is 130 Å². The predicted octanol–water partition coefficient (Wildman–Crippen LogP) is 3.29. The highest BCUT2D eigenvalue weighted by molar-refractivity contribution is 5.69. The topological polar surface area (TPSA) is 57.5 Å². The average molecular weight is 302 g/mol. The van der Waals surface area contributed by atoms with Crippen LogP contribution in [-0.4, -0.2) is 52.9 Å². The lowest BCUT2D eigenvalue weighted by atomic mass is 10.0. The quantitative estimate of drug-likeness (QED) is 0.405. The minimum Gasteiger partial charge on any atom is -0.481 e. The summed E-state index contributed by atoms with van der Waals surface area (Å²) in [4.78, 5) is 11.0. The minimum atomic E-state index is -0.722. The summed E-state index contributed by atoms with van der Waals surface area (Å²) in [5, 5.41) is 19.3. The van der Waals surface area contributed by atoms with Crippen LogP contribution < -0.4 is 0 Å². The second kappa shape index (κ2) is 11.0. The van der Waals surface area contributed by atoms with Crippen LogP contribution in [0.25, 0.3) is 0 Å². The van der Waals surface area contributed by atoms with Gasteiger partial charge < -0.3 is 14.7 Å². The number of hydrogen-bond donors (Lipinski definition) is 2. The maximum absolute atomic E-state index is 11.0. The van der Waals surface area contributed by atoms with Gasteiger partial charge in [0.25, 0.3) is 0 Å². The number of carboxylic acid groups (broad SMARTS) is 1. The van der Waals surface area contributed by atoms with Crippen molar-refractivity contribution in [3.8, 4) is 0 Å². The zero-order valence-corrected chi connectivity index (χ0v) is 14.5. The maximum Gasteiger partial charge on any atom is 0.306 e. The summed E-state index contributed by atoms with van der Waals surface area (Å²) in [7, 11) is 0. The summed E-state index contributed by atoms with van der Waals surface area (Å²) in [6.45, 7) is 11.7. The first-order valence-corrected chi connectivity index (χ1v) is 8.66. The summed E-state index contributed by atoms with van der Waals surface area (Å²) in [5.41, 5.74) is 0. The van der Waals surface area contributed by atoms with Gasteiger partial charge in [0.1, 0.15) is 12.6 Å². The number of aliphatic hydroxyl groups is 1. The van der Waals surface area contributed by atoms with Crippen LogP contribution in [0.15, 0.2) is 0 Å². The zero-order valence-electron chi connectivity index (χ0n) is 14.5. The first-order valence-electron chi connectivity index (χ1n) is 8.66. The van der Waals surface area contributed by atoms with Gasteiger partial charge in [-0.1, -0.05) is 39.5 Å². The minimum absolute atomic E-state index is 0.262. The third-order valence-electron chi connectivity index (χ3n) is 4.79. The number of quaternary nitrogens is 1. The molecule has 0 aliphatic rings. The van der Waals surface area contributed by atoms with Crippen LogP contribution in [0.3, 0.4) is 0 Å². The fourth-order valence-corrected chi connectivity index (χ4v) is 2.83. The summed E-state index contributed by atoms with van der Waals surface area (Å²) in [6, 6.07) is 0. The van der Waals surface area contributed by atoms with E-state index in [0.717, 1.165) is 43.5 Å². The predicted molar refractivity (Wildman–Crippen MR) is 87.3 cm³/mol. The third kappa shape index (κ3) is 8.42. The van der Waals surface area contributed by atoms with E-state index in [9.17, 15) is 9.90 Å². The van der Waals surface area contributed by atoms with Crippen LogP contribution in [0.5, 0.6) is 0 Å². The van der Waals surface area contributed by atoms with E-state index in [1.807, 2.05) is 0 Å². The highest BCUT2D eigenvalue weighted by Crippen LogP contribution is 2.16. The van der Waals surface area contributed by atoms with Gasteiger partial charge in [0.2, 0.25) is 0 Å². The van der Waals surface area contributed by atoms with Crippen molar-refractivity contribution in [2.75, 3.05) is 26.2 Å². The smallest absolute Gasteiger partial charge is 0.306 e. The van der Waals surface area contributed by atoms with Gasteiger partial charge in [0, 0.05) is 6.42 Å². The molecule has 0 spiro atoms. The largest absolute Gasteiger partial charge is 0.481 e. The molecular formula is C17H36NO3+. The molecule has 0 heterocycles. The van der Waals surface area contributed by atoms with Crippen molar-refractivity contribution in [1.82, 2.24) is 0 Å². The van der Waals surface area contributed by atoms with Crippen molar-refractivity contribution in [2.24, 2.45) is 5.92 Å². The lowest BCUT2D eigenvalue weighted by Gasteiger charge is -2.39. The molecule has 21 heavy (non-hydrogen) atoms. The van der Waals surface area contributed by atoms with Gasteiger partial charge in [-0.3, -0.25) is 4.79 Å². The number of carbonyl (C=O) groups is 1. The standard InChI is InChI=1S/C17H35NO3/c1-5-8-9-10-11-16(19)14-18(6-2,7-3)13-12-15(4)17(20)21/h15-16,19H,5-14H2,1-4H3/p+1. The van der Waals surface area contributed by atoms with Crippen molar-refractivity contribution in [3.63, 3.8) is 0 Å². The van der Waals surface area contributed by atoms with Crippen molar-refractivity contribution in [1.29, 1.82) is 0 Å². The summed E-state index contributed by atoms with van der Waals surface area (Å²) in [5.74, 6) is -1.03. The Morgan fingerprint density at radius 1 is 1.05 bits per heavy atom. The van der Waals surface area contributed by atoms with Gasteiger partial charge in [0.05, 0.1) is 25.6 Å². The molecule has 4 nitrogen and oxygen atoms in total. The number of carboxylic acids is 1. The molecule has 0 aromatic heterocycles. The van der Waals surface area contributed by atoms with Crippen molar-refractivity contribution >= 4 is 5.97 Å². The van der Waals surface area contributed by atoms with Gasteiger partial charge in [-0.2, -0.15) is 0 Å². The molecule has 0 fully saturated rings. The van der Waals surface area contributed by atoms with Crippen molar-refractivity contribution in [3.05, 3.63) is 0 Å². The second-order valence-corrected chi connectivity index (χ2v) is 6.41. The second-order valence-electron chi connectivity index (χ2n) is 6.41. The van der Waals surface area contributed by atoms with Crippen LogP contribution in [0, 0.1) is 5.92 Å². The number of aliphatic carboxylic acids is 1. The van der Waals surface area contributed by atoms with Crippen LogP contribution in [0.1, 0.15) is 66.2 Å². The molecule has 0 aliphatic heterocycles. The van der Waals surface area contributed by atoms with E-state index >= 15 is 0 Å². The Morgan fingerprint density at radius 3 is 2.14 bits per heavy atom. The Hall–Kier alpha value is -0.610. The molecule has 0 aliphatic carbocycles. The maximum atomic E-state index is 11.0. The van der Waals surface area contributed by atoms with E-state index in [4.69, 9.17) is 5.11 Å².